The summed E-state index contributed by atoms with van der Waals surface area (Å²) in [6, 6.07) is -0.943. The number of ether oxygens (including phenoxy) is 1. The molecule has 0 saturated carbocycles. The predicted molar refractivity (Wildman–Crippen MR) is 343 cm³/mol. The van der Waals surface area contributed by atoms with Gasteiger partial charge >= 0.3 is 5.97 Å². The van der Waals surface area contributed by atoms with Gasteiger partial charge in [-0.15, -0.1) is 0 Å². The lowest BCUT2D eigenvalue weighted by Crippen LogP contribution is -2.47. The lowest BCUT2D eigenvalue weighted by atomic mass is 10.1. The van der Waals surface area contributed by atoms with E-state index in [1.165, 1.54) is 51.4 Å². The lowest BCUT2D eigenvalue weighted by Gasteiger charge is -2.30. The molecule has 1 amide bonds. The SMILES string of the molecule is CC/C=C\C/C=C\C/C=C\C/C=C\C/C=C\C/C=C\CCCCC(=O)NC(COP(=O)([O-])OCC[N+](C)(C)C)C(/C=C/CCCCCCCCCCCC)OC(=O)CCCC/C=C\C/C=C\C/C=C\C/C=C\C/C=C\C/C=C\CC. The second-order valence-corrected chi connectivity index (χ2v) is 22.9. The van der Waals surface area contributed by atoms with Crippen LogP contribution in [0.4, 0.5) is 0 Å². The number of rotatable bonds is 54. The van der Waals surface area contributed by atoms with E-state index in [-0.39, 0.29) is 25.4 Å². The highest BCUT2D eigenvalue weighted by Crippen LogP contribution is 2.38. The molecule has 452 valence electrons. The summed E-state index contributed by atoms with van der Waals surface area (Å²) < 4.78 is 30.2. The van der Waals surface area contributed by atoms with Gasteiger partial charge in [-0.3, -0.25) is 14.2 Å². The van der Waals surface area contributed by atoms with Gasteiger partial charge in [0.05, 0.1) is 33.8 Å². The van der Waals surface area contributed by atoms with E-state index in [1.807, 2.05) is 27.2 Å². The van der Waals surface area contributed by atoms with Crippen LogP contribution >= 0.6 is 7.82 Å². The Morgan fingerprint density at radius 2 is 0.800 bits per heavy atom. The minimum Gasteiger partial charge on any atom is -0.756 e. The molecule has 0 aromatic rings. The maximum absolute atomic E-state index is 13.5. The minimum absolute atomic E-state index is 0.0478. The average molecular weight is 1130 g/mol. The van der Waals surface area contributed by atoms with Crippen LogP contribution in [0.25, 0.3) is 0 Å². The first-order valence-corrected chi connectivity index (χ1v) is 32.8. The molecule has 0 aliphatic rings. The van der Waals surface area contributed by atoms with Gasteiger partial charge in [-0.2, -0.15) is 0 Å². The summed E-state index contributed by atoms with van der Waals surface area (Å²) in [4.78, 5) is 40.0. The highest BCUT2D eigenvalue weighted by molar-refractivity contribution is 7.45. The van der Waals surface area contributed by atoms with E-state index in [4.69, 9.17) is 13.8 Å². The second-order valence-electron chi connectivity index (χ2n) is 21.4. The summed E-state index contributed by atoms with van der Waals surface area (Å²) >= 11 is 0. The molecule has 80 heavy (non-hydrogen) atoms. The van der Waals surface area contributed by atoms with Crippen molar-refractivity contribution < 1.29 is 37.3 Å². The van der Waals surface area contributed by atoms with Crippen LogP contribution in [0.15, 0.2) is 158 Å². The van der Waals surface area contributed by atoms with Crippen molar-refractivity contribution in [2.24, 2.45) is 0 Å². The topological polar surface area (TPSA) is 114 Å². The Morgan fingerprint density at radius 1 is 0.450 bits per heavy atom. The molecule has 0 heterocycles. The smallest absolute Gasteiger partial charge is 0.306 e. The largest absolute Gasteiger partial charge is 0.756 e. The molecule has 0 aliphatic carbocycles. The van der Waals surface area contributed by atoms with Crippen LogP contribution in [0.3, 0.4) is 0 Å². The number of phosphoric acid groups is 1. The molecule has 0 bridgehead atoms. The van der Waals surface area contributed by atoms with Crippen molar-refractivity contribution in [1.29, 1.82) is 0 Å². The number of carbonyl (C=O) groups excluding carboxylic acids is 2. The number of amides is 1. The number of phosphoric ester groups is 1. The van der Waals surface area contributed by atoms with Gasteiger partial charge in [-0.05, 0) is 134 Å². The Morgan fingerprint density at radius 3 is 1.20 bits per heavy atom. The van der Waals surface area contributed by atoms with Crippen molar-refractivity contribution in [2.45, 2.75) is 232 Å². The van der Waals surface area contributed by atoms with Crippen molar-refractivity contribution in [3.05, 3.63) is 158 Å². The molecule has 0 rings (SSSR count). The second kappa shape index (κ2) is 57.8. The summed E-state index contributed by atoms with van der Waals surface area (Å²) in [6.07, 6.45) is 85.1. The van der Waals surface area contributed by atoms with Crippen LogP contribution in [0.2, 0.25) is 0 Å². The van der Waals surface area contributed by atoms with Crippen LogP contribution in [-0.2, 0) is 27.9 Å². The van der Waals surface area contributed by atoms with Crippen LogP contribution < -0.4 is 10.2 Å². The van der Waals surface area contributed by atoms with Crippen LogP contribution in [-0.4, -0.2) is 69.4 Å². The highest BCUT2D eigenvalue weighted by atomic mass is 31.2. The molecule has 0 aromatic carbocycles. The summed E-state index contributed by atoms with van der Waals surface area (Å²) in [5, 5.41) is 2.99. The molecule has 0 radical (unpaired) electrons. The molecule has 0 aromatic heterocycles. The van der Waals surface area contributed by atoms with E-state index in [0.717, 1.165) is 122 Å². The quantitative estimate of drug-likeness (QED) is 0.0212. The third-order valence-corrected chi connectivity index (χ3v) is 13.7. The maximum Gasteiger partial charge on any atom is 0.306 e. The number of hydrogen-bond acceptors (Lipinski definition) is 7. The number of esters is 1. The Balaban J connectivity index is 5.43. The summed E-state index contributed by atoms with van der Waals surface area (Å²) in [6.45, 7) is 6.52. The third-order valence-electron chi connectivity index (χ3n) is 12.7. The molecule has 0 saturated heterocycles. The first kappa shape index (κ1) is 75.6. The Hall–Kier alpha value is -4.37. The molecule has 10 heteroatoms. The Labute approximate surface area is 490 Å². The summed E-state index contributed by atoms with van der Waals surface area (Å²) in [5.74, 6) is -0.657. The van der Waals surface area contributed by atoms with E-state index in [2.05, 4.69) is 172 Å². The van der Waals surface area contributed by atoms with Gasteiger partial charge in [0.25, 0.3) is 7.82 Å². The zero-order valence-corrected chi connectivity index (χ0v) is 52.4. The zero-order chi connectivity index (χ0) is 58.6. The van der Waals surface area contributed by atoms with Crippen molar-refractivity contribution in [1.82, 2.24) is 5.32 Å². The van der Waals surface area contributed by atoms with Crippen LogP contribution in [0.5, 0.6) is 0 Å². The predicted octanol–water partition coefficient (Wildman–Crippen LogP) is 19.0. The molecular weight excluding hydrogens is 1010 g/mol. The first-order chi connectivity index (χ1) is 38.9. The van der Waals surface area contributed by atoms with Gasteiger partial charge in [0.1, 0.15) is 19.3 Å². The van der Waals surface area contributed by atoms with E-state index in [1.54, 1.807) is 6.08 Å². The van der Waals surface area contributed by atoms with Gasteiger partial charge in [-0.1, -0.05) is 230 Å². The highest BCUT2D eigenvalue weighted by Gasteiger charge is 2.27. The Bertz CT molecular complexity index is 1920. The molecule has 3 atom stereocenters. The monoisotopic (exact) mass is 1130 g/mol. The van der Waals surface area contributed by atoms with Crippen molar-refractivity contribution >= 4 is 19.7 Å². The standard InChI is InChI=1S/C70H115N2O7P/c1-7-10-13-16-19-22-25-28-30-32-34-36-38-40-42-44-47-50-53-56-59-62-69(73)71-67(66-78-80(75,76)77-65-64-72(4,5)6)68(61-58-55-52-49-46-27-24-21-18-15-12-9-3)79-70(74)63-60-57-54-51-48-45-43-41-39-37-35-33-31-29-26-23-20-17-14-11-8-2/h10-11,13-14,19-20,22-23,28-31,34-37,40-43,47-48,50-51,58,61,67-68H,7-9,12,15-18,21,24-27,32-33,38-39,44-46,49,52-57,59-60,62-66H2,1-6H3,(H-,71,73,75,76)/b13-10-,14-11-,22-19-,23-20-,30-28-,31-29-,36-34-,37-35-,42-40-,43-41-,50-47-,51-48-,61-58+. The number of quaternary nitrogens is 1. The number of nitrogens with one attached hydrogen (secondary N) is 1. The number of hydrogen-bond donors (Lipinski definition) is 1. The van der Waals surface area contributed by atoms with E-state index in [9.17, 15) is 19.0 Å². The van der Waals surface area contributed by atoms with Gasteiger partial charge in [0.2, 0.25) is 5.91 Å². The molecule has 0 aliphatic heterocycles. The van der Waals surface area contributed by atoms with Crippen molar-refractivity contribution in [2.75, 3.05) is 40.9 Å². The van der Waals surface area contributed by atoms with Crippen molar-refractivity contribution in [3.8, 4) is 0 Å². The fourth-order valence-corrected chi connectivity index (χ4v) is 8.66. The fraction of sp³-hybridized carbons (Fsp3) is 0.600. The summed E-state index contributed by atoms with van der Waals surface area (Å²) in [5.41, 5.74) is 0. The number of carbonyl (C=O) groups is 2. The fourth-order valence-electron chi connectivity index (χ4n) is 7.94. The van der Waals surface area contributed by atoms with Gasteiger partial charge in [0, 0.05) is 12.8 Å². The molecular formula is C70H115N2O7P. The molecule has 3 unspecified atom stereocenters. The van der Waals surface area contributed by atoms with Crippen LogP contribution in [0.1, 0.15) is 220 Å². The summed E-state index contributed by atoms with van der Waals surface area (Å²) in [7, 11) is 1.10. The number of allylic oxidation sites excluding steroid dienone is 25. The zero-order valence-electron chi connectivity index (χ0n) is 51.5. The molecule has 0 spiro atoms. The maximum atomic E-state index is 13.5. The van der Waals surface area contributed by atoms with Gasteiger partial charge in [-0.25, -0.2) is 0 Å². The third kappa shape index (κ3) is 58.3. The van der Waals surface area contributed by atoms with E-state index in [0.29, 0.717) is 23.9 Å². The van der Waals surface area contributed by atoms with E-state index >= 15 is 0 Å². The number of likely N-dealkylation sites (N-methyl/N-ethyl adjacent to an activating group) is 1. The van der Waals surface area contributed by atoms with Crippen LogP contribution in [0, 0.1) is 0 Å². The molecule has 0 fully saturated rings. The number of nitrogens with zero attached hydrogens (tertiary/aromatic N) is 1. The molecule has 9 nitrogen and oxygen atoms in total. The van der Waals surface area contributed by atoms with Gasteiger partial charge in [0.15, 0.2) is 0 Å². The molecule has 1 N–H and O–H groups in total. The van der Waals surface area contributed by atoms with Gasteiger partial charge < -0.3 is 28.5 Å². The number of unbranched alkanes of at least 4 members (excludes halogenated alkanes) is 14. The minimum atomic E-state index is -4.74. The average Bonchev–Trinajstić information content (AvgIpc) is 3.42. The van der Waals surface area contributed by atoms with E-state index < -0.39 is 32.5 Å². The lowest BCUT2D eigenvalue weighted by molar-refractivity contribution is -0.870. The Kier molecular flexibility index (Phi) is 54.7. The van der Waals surface area contributed by atoms with Crippen molar-refractivity contribution in [3.63, 3.8) is 0 Å². The first-order valence-electron chi connectivity index (χ1n) is 31.3. The normalized spacial score (nSPS) is 14.7.